The standard InChI is InChI=1S/C11H20O4S/c1-7(2)9(10(13)14)16-6-8(12)15-11(3,4)5/h7,9H,6H2,1-5H3,(H,13,14). The average molecular weight is 248 g/mol. The smallest absolute Gasteiger partial charge is 0.316 e. The average Bonchev–Trinajstić information content (AvgIpc) is 1.98. The summed E-state index contributed by atoms with van der Waals surface area (Å²) in [5.41, 5.74) is -0.520. The maximum atomic E-state index is 11.4. The Labute approximate surface area is 101 Å². The molecule has 0 radical (unpaired) electrons. The predicted molar refractivity (Wildman–Crippen MR) is 64.6 cm³/mol. The molecule has 4 nitrogen and oxygen atoms in total. The Balaban J connectivity index is 4.12. The number of carboxylic acid groups (broad SMARTS) is 1. The van der Waals surface area contributed by atoms with E-state index in [4.69, 9.17) is 9.84 Å². The van der Waals surface area contributed by atoms with Crippen LogP contribution in [0.3, 0.4) is 0 Å². The SMILES string of the molecule is CC(C)C(SCC(=O)OC(C)(C)C)C(=O)O. The number of esters is 1. The molecule has 0 aliphatic heterocycles. The van der Waals surface area contributed by atoms with Gasteiger partial charge in [-0.15, -0.1) is 11.8 Å². The van der Waals surface area contributed by atoms with E-state index in [1.807, 2.05) is 13.8 Å². The minimum atomic E-state index is -0.886. The molecule has 16 heavy (non-hydrogen) atoms. The van der Waals surface area contributed by atoms with E-state index >= 15 is 0 Å². The van der Waals surface area contributed by atoms with Crippen LogP contribution in [-0.4, -0.2) is 33.6 Å². The topological polar surface area (TPSA) is 63.6 Å². The Kier molecular flexibility index (Phi) is 5.86. The minimum Gasteiger partial charge on any atom is -0.480 e. The molecule has 0 aliphatic carbocycles. The van der Waals surface area contributed by atoms with Crippen molar-refractivity contribution in [1.29, 1.82) is 0 Å². The van der Waals surface area contributed by atoms with E-state index in [1.54, 1.807) is 20.8 Å². The largest absolute Gasteiger partial charge is 0.480 e. The Bertz CT molecular complexity index is 255. The van der Waals surface area contributed by atoms with Crippen molar-refractivity contribution in [2.75, 3.05) is 5.75 Å². The number of carbonyl (C=O) groups excluding carboxylic acids is 1. The number of ether oxygens (including phenoxy) is 1. The number of hydrogen-bond donors (Lipinski definition) is 1. The van der Waals surface area contributed by atoms with E-state index in [0.29, 0.717) is 0 Å². The summed E-state index contributed by atoms with van der Waals surface area (Å²) < 4.78 is 5.09. The lowest BCUT2D eigenvalue weighted by molar-refractivity contribution is -0.151. The molecule has 0 aliphatic rings. The van der Waals surface area contributed by atoms with Crippen LogP contribution in [0, 0.1) is 5.92 Å². The molecule has 1 atom stereocenters. The first kappa shape index (κ1) is 15.3. The Hall–Kier alpha value is -0.710. The summed E-state index contributed by atoms with van der Waals surface area (Å²) in [6, 6.07) is 0. The summed E-state index contributed by atoms with van der Waals surface area (Å²) in [6.45, 7) is 8.99. The fourth-order valence-corrected chi connectivity index (χ4v) is 1.98. The molecule has 0 fully saturated rings. The number of rotatable bonds is 5. The van der Waals surface area contributed by atoms with Crippen molar-refractivity contribution in [1.82, 2.24) is 0 Å². The van der Waals surface area contributed by atoms with E-state index in [2.05, 4.69) is 0 Å². The zero-order valence-electron chi connectivity index (χ0n) is 10.4. The summed E-state index contributed by atoms with van der Waals surface area (Å²) in [5.74, 6) is -1.19. The van der Waals surface area contributed by atoms with Gasteiger partial charge in [0.05, 0.1) is 5.75 Å². The van der Waals surface area contributed by atoms with Gasteiger partial charge in [-0.3, -0.25) is 9.59 Å². The second-order valence-electron chi connectivity index (χ2n) is 4.90. The lowest BCUT2D eigenvalue weighted by Gasteiger charge is -2.20. The van der Waals surface area contributed by atoms with Crippen LogP contribution in [-0.2, 0) is 14.3 Å². The van der Waals surface area contributed by atoms with E-state index < -0.39 is 16.8 Å². The van der Waals surface area contributed by atoms with Gasteiger partial charge in [0.1, 0.15) is 10.9 Å². The molecule has 0 saturated carbocycles. The van der Waals surface area contributed by atoms with Gasteiger partial charge in [0.15, 0.2) is 0 Å². The van der Waals surface area contributed by atoms with Crippen molar-refractivity contribution in [3.63, 3.8) is 0 Å². The normalized spacial score (nSPS) is 13.6. The maximum absolute atomic E-state index is 11.4. The molecule has 0 saturated heterocycles. The Morgan fingerprint density at radius 1 is 1.31 bits per heavy atom. The summed E-state index contributed by atoms with van der Waals surface area (Å²) >= 11 is 1.11. The van der Waals surface area contributed by atoms with Gasteiger partial charge in [-0.2, -0.15) is 0 Å². The quantitative estimate of drug-likeness (QED) is 0.755. The highest BCUT2D eigenvalue weighted by atomic mass is 32.2. The highest BCUT2D eigenvalue weighted by Gasteiger charge is 2.24. The van der Waals surface area contributed by atoms with Crippen molar-refractivity contribution in [2.45, 2.75) is 45.5 Å². The van der Waals surface area contributed by atoms with Crippen molar-refractivity contribution < 1.29 is 19.4 Å². The minimum absolute atomic E-state index is 0.00932. The van der Waals surface area contributed by atoms with Crippen LogP contribution < -0.4 is 0 Å². The summed E-state index contributed by atoms with van der Waals surface area (Å²) in [5, 5.41) is 8.35. The Morgan fingerprint density at radius 2 is 1.81 bits per heavy atom. The molecule has 0 rings (SSSR count). The van der Waals surface area contributed by atoms with E-state index in [0.717, 1.165) is 11.8 Å². The van der Waals surface area contributed by atoms with Crippen molar-refractivity contribution in [2.24, 2.45) is 5.92 Å². The number of thioether (sulfide) groups is 1. The van der Waals surface area contributed by atoms with Crippen LogP contribution in [0.5, 0.6) is 0 Å². The van der Waals surface area contributed by atoms with Gasteiger partial charge in [-0.1, -0.05) is 13.8 Å². The third-order valence-corrected chi connectivity index (χ3v) is 3.16. The van der Waals surface area contributed by atoms with Crippen LogP contribution in [0.1, 0.15) is 34.6 Å². The maximum Gasteiger partial charge on any atom is 0.316 e. The van der Waals surface area contributed by atoms with E-state index in [9.17, 15) is 9.59 Å². The molecule has 0 aromatic heterocycles. The fourth-order valence-electron chi connectivity index (χ4n) is 1.08. The molecule has 94 valence electrons. The number of carboxylic acids is 1. The van der Waals surface area contributed by atoms with Gasteiger partial charge >= 0.3 is 11.9 Å². The van der Waals surface area contributed by atoms with Crippen LogP contribution in [0.25, 0.3) is 0 Å². The van der Waals surface area contributed by atoms with Gasteiger partial charge in [0.25, 0.3) is 0 Å². The molecule has 5 heteroatoms. The lowest BCUT2D eigenvalue weighted by Crippen LogP contribution is -2.28. The van der Waals surface area contributed by atoms with Crippen molar-refractivity contribution in [3.05, 3.63) is 0 Å². The van der Waals surface area contributed by atoms with Gasteiger partial charge in [0, 0.05) is 0 Å². The third-order valence-electron chi connectivity index (χ3n) is 1.65. The summed E-state index contributed by atoms with van der Waals surface area (Å²) in [7, 11) is 0. The molecule has 0 heterocycles. The second kappa shape index (κ2) is 6.13. The summed E-state index contributed by atoms with van der Waals surface area (Å²) in [6.07, 6.45) is 0. The number of aliphatic carboxylic acids is 1. The van der Waals surface area contributed by atoms with Gasteiger partial charge in [-0.05, 0) is 26.7 Å². The second-order valence-corrected chi connectivity index (χ2v) is 6.03. The molecule has 0 spiro atoms. The molecule has 0 bridgehead atoms. The monoisotopic (exact) mass is 248 g/mol. The first-order valence-electron chi connectivity index (χ1n) is 5.19. The molecule has 0 amide bonds. The molecular weight excluding hydrogens is 228 g/mol. The molecule has 1 unspecified atom stereocenters. The van der Waals surface area contributed by atoms with E-state index in [-0.39, 0.29) is 17.6 Å². The van der Waals surface area contributed by atoms with E-state index in [1.165, 1.54) is 0 Å². The summed E-state index contributed by atoms with van der Waals surface area (Å²) in [4.78, 5) is 22.2. The zero-order valence-corrected chi connectivity index (χ0v) is 11.3. The third kappa shape index (κ3) is 6.71. The zero-order chi connectivity index (χ0) is 12.9. The van der Waals surface area contributed by atoms with Gasteiger partial charge in [-0.25, -0.2) is 0 Å². The van der Waals surface area contributed by atoms with Crippen LogP contribution in [0.2, 0.25) is 0 Å². The Morgan fingerprint density at radius 3 is 2.12 bits per heavy atom. The number of carbonyl (C=O) groups is 2. The van der Waals surface area contributed by atoms with Crippen LogP contribution in [0.4, 0.5) is 0 Å². The van der Waals surface area contributed by atoms with Crippen LogP contribution >= 0.6 is 11.8 Å². The molecule has 1 N–H and O–H groups in total. The fraction of sp³-hybridized carbons (Fsp3) is 0.818. The molecule has 0 aromatic rings. The molecule has 0 aromatic carbocycles. The van der Waals surface area contributed by atoms with Crippen LogP contribution in [0.15, 0.2) is 0 Å². The highest BCUT2D eigenvalue weighted by molar-refractivity contribution is 8.01. The van der Waals surface area contributed by atoms with Crippen molar-refractivity contribution >= 4 is 23.7 Å². The van der Waals surface area contributed by atoms with Gasteiger partial charge in [0.2, 0.25) is 0 Å². The predicted octanol–water partition coefficient (Wildman–Crippen LogP) is 2.17. The first-order valence-corrected chi connectivity index (χ1v) is 6.24. The molecular formula is C11H20O4S. The first-order chi connectivity index (χ1) is 7.13. The van der Waals surface area contributed by atoms with Crippen molar-refractivity contribution in [3.8, 4) is 0 Å². The number of hydrogen-bond acceptors (Lipinski definition) is 4. The van der Waals surface area contributed by atoms with Gasteiger partial charge < -0.3 is 9.84 Å². The lowest BCUT2D eigenvalue weighted by atomic mass is 10.1. The highest BCUT2D eigenvalue weighted by Crippen LogP contribution is 2.20.